The molecule has 2 aliphatic rings. The number of carbonyl (C=O) groups excluding carboxylic acids is 6. The number of benzene rings is 2. The van der Waals surface area contributed by atoms with Crippen LogP contribution in [-0.4, -0.2) is 121 Å². The molecule has 0 unspecified atom stereocenters. The van der Waals surface area contributed by atoms with Crippen LogP contribution in [0.5, 0.6) is 0 Å². The molecule has 0 bridgehead atoms. The molecular weight excluding hydrogens is 636 g/mol. The average Bonchev–Trinajstić information content (AvgIpc) is 3.10. The lowest BCUT2D eigenvalue weighted by Gasteiger charge is -2.32. The number of hydrogen-bond acceptors (Lipinski definition) is 8. The number of terminal acetylenes is 2. The highest BCUT2D eigenvalue weighted by molar-refractivity contribution is 6.33. The first-order chi connectivity index (χ1) is 24.1. The van der Waals surface area contributed by atoms with Crippen molar-refractivity contribution in [2.24, 2.45) is 0 Å². The average molecular weight is 683 g/mol. The van der Waals surface area contributed by atoms with Gasteiger partial charge in [0.2, 0.25) is 11.8 Å². The third kappa shape index (κ3) is 9.14. The first-order valence-corrected chi connectivity index (χ1v) is 17.2. The second-order valence-electron chi connectivity index (χ2n) is 12.7. The van der Waals surface area contributed by atoms with Crippen LogP contribution >= 0.6 is 0 Å². The quantitative estimate of drug-likeness (QED) is 0.124. The molecule has 0 saturated carbocycles. The van der Waals surface area contributed by atoms with Crippen molar-refractivity contribution in [3.8, 4) is 24.7 Å². The second kappa shape index (κ2) is 18.1. The molecule has 12 nitrogen and oxygen atoms in total. The molecule has 0 atom stereocenters. The summed E-state index contributed by atoms with van der Waals surface area (Å²) in [4.78, 5) is 84.4. The van der Waals surface area contributed by atoms with Gasteiger partial charge in [0, 0.05) is 84.9 Å². The molecule has 6 amide bonds. The Kier molecular flexibility index (Phi) is 13.7. The SMILES string of the molecule is C#CCCC(=O)NCCCN(C)CCCN1C(=O)c2ccc3c4c(ccc(c24)C1=O)C(=O)N(CCCN(C)CCCNC(=O)CCC#C)C3=O. The summed E-state index contributed by atoms with van der Waals surface area (Å²) in [5.41, 5.74) is 1.21. The summed E-state index contributed by atoms with van der Waals surface area (Å²) in [5.74, 6) is 2.99. The fourth-order valence-corrected chi connectivity index (χ4v) is 6.30. The van der Waals surface area contributed by atoms with E-state index in [-0.39, 0.29) is 24.9 Å². The number of imide groups is 2. The maximum absolute atomic E-state index is 13.6. The number of hydrogen-bond donors (Lipinski definition) is 2. The van der Waals surface area contributed by atoms with Crippen molar-refractivity contribution in [3.63, 3.8) is 0 Å². The lowest BCUT2D eigenvalue weighted by atomic mass is 9.86. The Labute approximate surface area is 293 Å². The van der Waals surface area contributed by atoms with Crippen molar-refractivity contribution in [1.29, 1.82) is 0 Å². The van der Waals surface area contributed by atoms with Crippen LogP contribution in [0.2, 0.25) is 0 Å². The topological polar surface area (TPSA) is 139 Å². The van der Waals surface area contributed by atoms with Crippen molar-refractivity contribution in [2.75, 3.05) is 66.5 Å². The molecule has 2 aromatic rings. The van der Waals surface area contributed by atoms with Gasteiger partial charge in [-0.1, -0.05) is 0 Å². The van der Waals surface area contributed by atoms with Gasteiger partial charge in [-0.2, -0.15) is 0 Å². The molecular formula is C38H46N6O6. The van der Waals surface area contributed by atoms with Crippen molar-refractivity contribution in [3.05, 3.63) is 46.5 Å². The summed E-state index contributed by atoms with van der Waals surface area (Å²) in [6.45, 7) is 4.27. The number of nitrogens with zero attached hydrogens (tertiary/aromatic N) is 4. The van der Waals surface area contributed by atoms with E-state index in [9.17, 15) is 28.8 Å². The van der Waals surface area contributed by atoms with E-state index in [0.717, 1.165) is 25.9 Å². The van der Waals surface area contributed by atoms with Crippen LogP contribution in [0.1, 0.15) is 92.8 Å². The number of nitrogens with one attached hydrogen (secondary N) is 2. The summed E-state index contributed by atoms with van der Waals surface area (Å²) < 4.78 is 0. The van der Waals surface area contributed by atoms with E-state index in [1.54, 1.807) is 24.3 Å². The van der Waals surface area contributed by atoms with Gasteiger partial charge in [0.1, 0.15) is 0 Å². The van der Waals surface area contributed by atoms with E-state index >= 15 is 0 Å². The van der Waals surface area contributed by atoms with Crippen LogP contribution in [-0.2, 0) is 9.59 Å². The van der Waals surface area contributed by atoms with Crippen molar-refractivity contribution < 1.29 is 28.8 Å². The molecule has 4 rings (SSSR count). The van der Waals surface area contributed by atoms with Crippen LogP contribution in [0, 0.1) is 24.7 Å². The van der Waals surface area contributed by atoms with Gasteiger partial charge in [-0.25, -0.2) is 0 Å². The van der Waals surface area contributed by atoms with Crippen LogP contribution in [0.15, 0.2) is 24.3 Å². The Morgan fingerprint density at radius 2 is 0.920 bits per heavy atom. The van der Waals surface area contributed by atoms with Crippen molar-refractivity contribution in [2.45, 2.75) is 51.4 Å². The summed E-state index contributed by atoms with van der Waals surface area (Å²) in [6, 6.07) is 6.34. The van der Waals surface area contributed by atoms with Gasteiger partial charge in [-0.15, -0.1) is 24.7 Å². The van der Waals surface area contributed by atoms with Gasteiger partial charge in [-0.3, -0.25) is 38.6 Å². The molecule has 50 heavy (non-hydrogen) atoms. The van der Waals surface area contributed by atoms with Crippen LogP contribution in [0.3, 0.4) is 0 Å². The van der Waals surface area contributed by atoms with E-state index in [4.69, 9.17) is 12.8 Å². The zero-order chi connectivity index (χ0) is 36.2. The van der Waals surface area contributed by atoms with Gasteiger partial charge >= 0.3 is 0 Å². The Morgan fingerprint density at radius 3 is 1.24 bits per heavy atom. The minimum atomic E-state index is -0.443. The molecule has 2 aliphatic heterocycles. The smallest absolute Gasteiger partial charge is 0.261 e. The molecule has 12 heteroatoms. The Hall–Kier alpha value is -5.04. The standard InChI is InChI=1S/C38H46N6O6/c1-5-7-13-31(45)39-19-9-21-41(3)23-11-25-43-35(47)27-15-17-29-34-30(18-16-28(33(27)34)36(43)48)38(50)44(37(29)49)26-12-24-42(4)22-10-20-40-32(46)14-8-6-2/h1-2,15-18H,7-14,19-26H2,3-4H3,(H,39,45)(H,40,46). The van der Waals surface area contributed by atoms with E-state index in [1.165, 1.54) is 9.80 Å². The summed E-state index contributed by atoms with van der Waals surface area (Å²) in [7, 11) is 3.89. The Balaban J connectivity index is 1.31. The third-order valence-corrected chi connectivity index (χ3v) is 8.98. The monoisotopic (exact) mass is 682 g/mol. The van der Waals surface area contributed by atoms with E-state index < -0.39 is 23.6 Å². The number of rotatable bonds is 20. The van der Waals surface area contributed by atoms with Gasteiger partial charge < -0.3 is 20.4 Å². The second-order valence-corrected chi connectivity index (χ2v) is 12.7. The maximum Gasteiger partial charge on any atom is 0.261 e. The van der Waals surface area contributed by atoms with Gasteiger partial charge in [-0.05, 0) is 90.2 Å². The van der Waals surface area contributed by atoms with E-state index in [2.05, 4.69) is 32.3 Å². The third-order valence-electron chi connectivity index (χ3n) is 8.98. The lowest BCUT2D eigenvalue weighted by molar-refractivity contribution is -0.121. The van der Waals surface area contributed by atoms with Crippen molar-refractivity contribution in [1.82, 2.24) is 30.2 Å². The molecule has 0 fully saturated rings. The Bertz CT molecular complexity index is 1530. The largest absolute Gasteiger partial charge is 0.356 e. The van der Waals surface area contributed by atoms with E-state index in [0.29, 0.717) is 97.7 Å². The maximum atomic E-state index is 13.6. The molecule has 0 radical (unpaired) electrons. The summed E-state index contributed by atoms with van der Waals surface area (Å²) in [6.07, 6.45) is 14.5. The molecule has 0 aromatic heterocycles. The van der Waals surface area contributed by atoms with Crippen LogP contribution in [0.25, 0.3) is 10.8 Å². The molecule has 0 saturated heterocycles. The van der Waals surface area contributed by atoms with Crippen LogP contribution < -0.4 is 10.6 Å². The lowest BCUT2D eigenvalue weighted by Crippen LogP contribution is -2.44. The Morgan fingerprint density at radius 1 is 0.600 bits per heavy atom. The number of carbonyl (C=O) groups is 6. The van der Waals surface area contributed by atoms with Gasteiger partial charge in [0.05, 0.1) is 0 Å². The molecule has 2 heterocycles. The van der Waals surface area contributed by atoms with Crippen LogP contribution in [0.4, 0.5) is 0 Å². The first-order valence-electron chi connectivity index (χ1n) is 17.2. The zero-order valence-corrected chi connectivity index (χ0v) is 29.0. The van der Waals surface area contributed by atoms with Crippen molar-refractivity contribution >= 4 is 46.2 Å². The first kappa shape index (κ1) is 37.8. The highest BCUT2D eigenvalue weighted by Crippen LogP contribution is 2.37. The molecule has 2 N–H and O–H groups in total. The molecule has 0 aliphatic carbocycles. The minimum absolute atomic E-state index is 0.0663. The number of amides is 6. The predicted molar refractivity (Wildman–Crippen MR) is 190 cm³/mol. The summed E-state index contributed by atoms with van der Waals surface area (Å²) in [5, 5.41) is 6.41. The highest BCUT2D eigenvalue weighted by atomic mass is 16.2. The summed E-state index contributed by atoms with van der Waals surface area (Å²) >= 11 is 0. The molecule has 264 valence electrons. The van der Waals surface area contributed by atoms with E-state index in [1.807, 2.05) is 14.1 Å². The minimum Gasteiger partial charge on any atom is -0.356 e. The van der Waals surface area contributed by atoms with Gasteiger partial charge in [0.25, 0.3) is 23.6 Å². The fraction of sp³-hybridized carbons (Fsp3) is 0.474. The van der Waals surface area contributed by atoms with Gasteiger partial charge in [0.15, 0.2) is 0 Å². The molecule has 0 spiro atoms. The molecule has 2 aromatic carbocycles. The highest BCUT2D eigenvalue weighted by Gasteiger charge is 2.39. The normalized spacial score (nSPS) is 13.6. The predicted octanol–water partition coefficient (Wildman–Crippen LogP) is 2.52. The fourth-order valence-electron chi connectivity index (χ4n) is 6.30. The zero-order valence-electron chi connectivity index (χ0n) is 29.0.